The highest BCUT2D eigenvalue weighted by molar-refractivity contribution is 7.88. The summed E-state index contributed by atoms with van der Waals surface area (Å²) in [6, 6.07) is 4.67. The molecule has 0 amide bonds. The Morgan fingerprint density at radius 1 is 1.25 bits per heavy atom. The number of rotatable bonds is 5. The van der Waals surface area contributed by atoms with E-state index in [1.807, 2.05) is 0 Å². The number of alkyl halides is 3. The number of carbonyl (C=O) groups is 1. The molecule has 28 heavy (non-hydrogen) atoms. The van der Waals surface area contributed by atoms with Crippen molar-refractivity contribution in [1.82, 2.24) is 0 Å². The average molecular weight is 419 g/mol. The van der Waals surface area contributed by atoms with Gasteiger partial charge in [-0.15, -0.1) is 0 Å². The Balaban J connectivity index is 2.81. The van der Waals surface area contributed by atoms with Crippen LogP contribution in [0.2, 0.25) is 0 Å². The number of nitrogens with zero attached hydrogens (tertiary/aromatic N) is 1. The Labute approximate surface area is 157 Å². The van der Waals surface area contributed by atoms with Gasteiger partial charge in [0.05, 0.1) is 18.6 Å². The van der Waals surface area contributed by atoms with Gasteiger partial charge in [0.1, 0.15) is 11.9 Å². The summed E-state index contributed by atoms with van der Waals surface area (Å²) in [5.74, 6) is -2.77. The Hall–Kier alpha value is -2.87. The molecule has 6 nitrogen and oxygen atoms in total. The van der Waals surface area contributed by atoms with E-state index in [0.29, 0.717) is 6.07 Å². The fourth-order valence-corrected chi connectivity index (χ4v) is 2.99. The van der Waals surface area contributed by atoms with Crippen molar-refractivity contribution in [2.45, 2.75) is 25.8 Å². The standard InChI is InChI=1S/C17H13F4NO5S/c1-3-26-15(23)7-12-9(2)4-10-5-11(8-22)14(18)6-13(10)16(12)27-28(24,25)17(19,20)21/h4-6H,3,7H2,1-2H3. The van der Waals surface area contributed by atoms with Crippen LogP contribution in [0.5, 0.6) is 5.75 Å². The normalized spacial score (nSPS) is 11.9. The lowest BCUT2D eigenvalue weighted by molar-refractivity contribution is -0.142. The van der Waals surface area contributed by atoms with Crippen LogP contribution in [0.15, 0.2) is 18.2 Å². The third kappa shape index (κ3) is 4.17. The van der Waals surface area contributed by atoms with Gasteiger partial charge in [-0.1, -0.05) is 6.07 Å². The minimum absolute atomic E-state index is 0.0113. The lowest BCUT2D eigenvalue weighted by Gasteiger charge is -2.17. The van der Waals surface area contributed by atoms with E-state index in [4.69, 9.17) is 10.00 Å². The van der Waals surface area contributed by atoms with E-state index in [1.165, 1.54) is 19.9 Å². The molecule has 2 aromatic carbocycles. The smallest absolute Gasteiger partial charge is 0.466 e. The van der Waals surface area contributed by atoms with Gasteiger partial charge < -0.3 is 8.92 Å². The molecule has 0 fully saturated rings. The first kappa shape index (κ1) is 21.4. The van der Waals surface area contributed by atoms with Crippen LogP contribution in [-0.4, -0.2) is 26.5 Å². The molecule has 0 heterocycles. The third-order valence-corrected chi connectivity index (χ3v) is 4.68. The van der Waals surface area contributed by atoms with Crippen LogP contribution >= 0.6 is 0 Å². The fourth-order valence-electron chi connectivity index (χ4n) is 2.48. The number of aryl methyl sites for hydroxylation is 1. The third-order valence-electron chi connectivity index (χ3n) is 3.73. The Morgan fingerprint density at radius 3 is 2.43 bits per heavy atom. The fraction of sp³-hybridized carbons (Fsp3) is 0.294. The lowest BCUT2D eigenvalue weighted by atomic mass is 9.96. The van der Waals surface area contributed by atoms with E-state index in [1.54, 1.807) is 6.07 Å². The van der Waals surface area contributed by atoms with Gasteiger partial charge in [0.25, 0.3) is 0 Å². The second-order valence-corrected chi connectivity index (χ2v) is 7.17. The van der Waals surface area contributed by atoms with E-state index >= 15 is 0 Å². The summed E-state index contributed by atoms with van der Waals surface area (Å²) >= 11 is 0. The van der Waals surface area contributed by atoms with Crippen LogP contribution in [0.25, 0.3) is 10.8 Å². The van der Waals surface area contributed by atoms with Crippen molar-refractivity contribution in [1.29, 1.82) is 5.26 Å². The molecule has 0 N–H and O–H groups in total. The van der Waals surface area contributed by atoms with Gasteiger partial charge in [-0.05, 0) is 36.9 Å². The van der Waals surface area contributed by atoms with E-state index in [-0.39, 0.29) is 28.5 Å². The number of esters is 1. The second kappa shape index (κ2) is 7.63. The molecule has 0 aliphatic carbocycles. The number of hydrogen-bond acceptors (Lipinski definition) is 6. The van der Waals surface area contributed by atoms with Crippen molar-refractivity contribution >= 4 is 26.9 Å². The summed E-state index contributed by atoms with van der Waals surface area (Å²) < 4.78 is 84.6. The number of fused-ring (bicyclic) bond motifs is 1. The highest BCUT2D eigenvalue weighted by Gasteiger charge is 2.49. The molecule has 2 aromatic rings. The average Bonchev–Trinajstić information content (AvgIpc) is 2.57. The number of halogens is 4. The first-order chi connectivity index (χ1) is 12.9. The zero-order valence-electron chi connectivity index (χ0n) is 14.6. The summed E-state index contributed by atoms with van der Waals surface area (Å²) in [6.07, 6.45) is -0.597. The second-order valence-electron chi connectivity index (χ2n) is 5.63. The highest BCUT2D eigenvalue weighted by Crippen LogP contribution is 2.38. The summed E-state index contributed by atoms with van der Waals surface area (Å²) in [4.78, 5) is 11.8. The van der Waals surface area contributed by atoms with Crippen LogP contribution < -0.4 is 4.18 Å². The zero-order chi connectivity index (χ0) is 21.3. The number of benzene rings is 2. The molecule has 2 rings (SSSR count). The SMILES string of the molecule is CCOC(=O)Cc1c(C)cc2cc(C#N)c(F)cc2c1OS(=O)(=O)C(F)(F)F. The minimum atomic E-state index is -6.10. The van der Waals surface area contributed by atoms with Gasteiger partial charge in [0.15, 0.2) is 5.75 Å². The quantitative estimate of drug-likeness (QED) is 0.319. The summed E-state index contributed by atoms with van der Waals surface area (Å²) in [6.45, 7) is 2.90. The van der Waals surface area contributed by atoms with E-state index in [0.717, 1.165) is 6.07 Å². The van der Waals surface area contributed by atoms with Gasteiger partial charge in [-0.2, -0.15) is 26.9 Å². The molecule has 150 valence electrons. The van der Waals surface area contributed by atoms with Crippen molar-refractivity contribution < 1.29 is 39.7 Å². The van der Waals surface area contributed by atoms with Crippen LogP contribution in [0.4, 0.5) is 17.6 Å². The number of carbonyl (C=O) groups excluding carboxylic acids is 1. The molecule has 0 unspecified atom stereocenters. The molecular weight excluding hydrogens is 406 g/mol. The van der Waals surface area contributed by atoms with Gasteiger partial charge in [-0.3, -0.25) is 4.79 Å². The molecule has 0 saturated heterocycles. The maximum atomic E-state index is 14.0. The number of nitriles is 1. The van der Waals surface area contributed by atoms with Gasteiger partial charge in [0.2, 0.25) is 0 Å². The lowest BCUT2D eigenvalue weighted by Crippen LogP contribution is -2.28. The Kier molecular flexibility index (Phi) is 5.84. The summed E-state index contributed by atoms with van der Waals surface area (Å²) in [5.41, 5.74) is -6.14. The highest BCUT2D eigenvalue weighted by atomic mass is 32.2. The van der Waals surface area contributed by atoms with Crippen molar-refractivity contribution in [3.05, 3.63) is 40.7 Å². The summed E-state index contributed by atoms with van der Waals surface area (Å²) in [7, 11) is -6.10. The number of ether oxygens (including phenoxy) is 1. The molecular formula is C17H13F4NO5S. The van der Waals surface area contributed by atoms with Crippen LogP contribution in [-0.2, 0) is 26.1 Å². The van der Waals surface area contributed by atoms with Crippen LogP contribution in [0.3, 0.4) is 0 Å². The van der Waals surface area contributed by atoms with Gasteiger partial charge in [0, 0.05) is 10.9 Å². The predicted octanol–water partition coefficient (Wildman–Crippen LogP) is 3.49. The topological polar surface area (TPSA) is 93.5 Å². The monoisotopic (exact) mass is 419 g/mol. The molecule has 0 bridgehead atoms. The van der Waals surface area contributed by atoms with Crippen molar-refractivity contribution in [2.75, 3.05) is 6.61 Å². The molecule has 0 aromatic heterocycles. The Bertz CT molecular complexity index is 1090. The van der Waals surface area contributed by atoms with E-state index < -0.39 is 45.1 Å². The minimum Gasteiger partial charge on any atom is -0.466 e. The van der Waals surface area contributed by atoms with Crippen molar-refractivity contribution in [3.63, 3.8) is 0 Å². The number of hydrogen-bond donors (Lipinski definition) is 0. The first-order valence-corrected chi connectivity index (χ1v) is 9.14. The summed E-state index contributed by atoms with van der Waals surface area (Å²) in [5, 5.41) is 8.64. The maximum absolute atomic E-state index is 14.0. The van der Waals surface area contributed by atoms with Crippen molar-refractivity contribution in [2.24, 2.45) is 0 Å². The van der Waals surface area contributed by atoms with E-state index in [9.17, 15) is 30.8 Å². The van der Waals surface area contributed by atoms with Gasteiger partial charge >= 0.3 is 21.6 Å². The molecule has 0 spiro atoms. The van der Waals surface area contributed by atoms with Gasteiger partial charge in [-0.25, -0.2) is 4.39 Å². The zero-order valence-corrected chi connectivity index (χ0v) is 15.4. The predicted molar refractivity (Wildman–Crippen MR) is 89.3 cm³/mol. The molecule has 0 aliphatic rings. The molecule has 0 saturated carbocycles. The molecule has 11 heteroatoms. The van der Waals surface area contributed by atoms with Crippen LogP contribution in [0, 0.1) is 24.1 Å². The van der Waals surface area contributed by atoms with Crippen LogP contribution in [0.1, 0.15) is 23.6 Å². The largest absolute Gasteiger partial charge is 0.534 e. The van der Waals surface area contributed by atoms with Crippen molar-refractivity contribution in [3.8, 4) is 11.8 Å². The van der Waals surface area contributed by atoms with E-state index in [2.05, 4.69) is 4.18 Å². The maximum Gasteiger partial charge on any atom is 0.534 e. The molecule has 0 aliphatic heterocycles. The molecule has 0 radical (unpaired) electrons. The molecule has 0 atom stereocenters. The Morgan fingerprint density at radius 2 is 1.89 bits per heavy atom. The first-order valence-electron chi connectivity index (χ1n) is 7.73.